The molecule has 1 atom stereocenters. The van der Waals surface area contributed by atoms with Crippen molar-refractivity contribution >= 4 is 23.7 Å². The lowest BCUT2D eigenvalue weighted by Crippen LogP contribution is -2.38. The van der Waals surface area contributed by atoms with Gasteiger partial charge in [-0.2, -0.15) is 0 Å². The van der Waals surface area contributed by atoms with Gasteiger partial charge in [0.25, 0.3) is 6.29 Å². The first kappa shape index (κ1) is 25.8. The summed E-state index contributed by atoms with van der Waals surface area (Å²) in [5, 5.41) is 10.9. The van der Waals surface area contributed by atoms with Crippen LogP contribution in [-0.2, 0) is 33.7 Å². The van der Waals surface area contributed by atoms with Crippen molar-refractivity contribution in [3.8, 4) is 5.75 Å². The van der Waals surface area contributed by atoms with E-state index in [1.807, 2.05) is 61.5 Å². The van der Waals surface area contributed by atoms with Crippen molar-refractivity contribution in [2.24, 2.45) is 0 Å². The molecule has 1 amide bonds. The van der Waals surface area contributed by atoms with Gasteiger partial charge in [-0.3, -0.25) is 4.79 Å². The molecule has 3 aromatic rings. The highest BCUT2D eigenvalue weighted by molar-refractivity contribution is 7.11. The second-order valence-electron chi connectivity index (χ2n) is 8.56. The maximum Gasteiger partial charge on any atom is 0.410 e. The van der Waals surface area contributed by atoms with Gasteiger partial charge in [-0.25, -0.2) is 4.79 Å². The monoisotopic (exact) mass is 509 g/mol. The van der Waals surface area contributed by atoms with Crippen LogP contribution >= 0.6 is 11.3 Å². The van der Waals surface area contributed by atoms with Crippen molar-refractivity contribution in [1.29, 1.82) is 0 Å². The van der Waals surface area contributed by atoms with Gasteiger partial charge in [-0.1, -0.05) is 42.5 Å². The predicted octanol–water partition coefficient (Wildman–Crippen LogP) is 4.78. The van der Waals surface area contributed by atoms with Gasteiger partial charge in [0.1, 0.15) is 22.4 Å². The van der Waals surface area contributed by atoms with E-state index in [1.165, 1.54) is 0 Å². The van der Waals surface area contributed by atoms with E-state index in [0.29, 0.717) is 44.3 Å². The second-order valence-corrected chi connectivity index (χ2v) is 9.65. The lowest BCUT2D eigenvalue weighted by Gasteiger charge is -2.30. The highest BCUT2D eigenvalue weighted by Crippen LogP contribution is 2.31. The topological polar surface area (TPSA) is 90.9 Å². The minimum Gasteiger partial charge on any atom is -0.458 e. The van der Waals surface area contributed by atoms with E-state index in [-0.39, 0.29) is 6.09 Å². The lowest BCUT2D eigenvalue weighted by atomic mass is 9.98. The van der Waals surface area contributed by atoms with Crippen LogP contribution in [0.2, 0.25) is 0 Å². The highest BCUT2D eigenvalue weighted by Gasteiger charge is 2.27. The molecule has 0 spiro atoms. The van der Waals surface area contributed by atoms with E-state index < -0.39 is 6.29 Å². The average Bonchev–Trinajstić information content (AvgIpc) is 3.41. The maximum atomic E-state index is 12.4. The minimum absolute atomic E-state index is 0.258. The molecule has 1 unspecified atom stereocenters. The summed E-state index contributed by atoms with van der Waals surface area (Å²) in [5.41, 5.74) is 2.14. The summed E-state index contributed by atoms with van der Waals surface area (Å²) in [7, 11) is 0. The number of amides is 1. The zero-order valence-electron chi connectivity index (χ0n) is 20.4. The largest absolute Gasteiger partial charge is 0.458 e. The van der Waals surface area contributed by atoms with Gasteiger partial charge in [-0.15, -0.1) is 21.5 Å². The van der Waals surface area contributed by atoms with Crippen LogP contribution in [-0.4, -0.2) is 53.5 Å². The fourth-order valence-corrected chi connectivity index (χ4v) is 5.05. The van der Waals surface area contributed by atoms with Gasteiger partial charge in [0.05, 0.1) is 0 Å². The molecule has 1 aromatic heterocycles. The number of hydrogen-bond donors (Lipinski definition) is 0. The van der Waals surface area contributed by atoms with Crippen LogP contribution in [0.25, 0.3) is 0 Å². The molecule has 4 rings (SSSR count). The molecular formula is C27H31N3O5S. The van der Waals surface area contributed by atoms with Crippen molar-refractivity contribution < 1.29 is 23.8 Å². The third-order valence-electron chi connectivity index (χ3n) is 6.04. The molecule has 9 heteroatoms. The molecule has 2 aromatic carbocycles. The summed E-state index contributed by atoms with van der Waals surface area (Å²) in [6.07, 6.45) is 2.87. The van der Waals surface area contributed by atoms with E-state index in [0.717, 1.165) is 46.8 Å². The number of aldehydes is 1. The zero-order valence-corrected chi connectivity index (χ0v) is 21.2. The molecule has 190 valence electrons. The van der Waals surface area contributed by atoms with Crippen LogP contribution in [0.3, 0.4) is 0 Å². The molecule has 0 bridgehead atoms. The Bertz CT molecular complexity index is 1100. The Kier molecular flexibility index (Phi) is 9.40. The van der Waals surface area contributed by atoms with Gasteiger partial charge in [0, 0.05) is 32.0 Å². The van der Waals surface area contributed by atoms with Crippen LogP contribution < -0.4 is 4.74 Å². The Hall–Kier alpha value is -3.30. The fraction of sp³-hybridized carbons (Fsp3) is 0.407. The Morgan fingerprint density at radius 2 is 1.81 bits per heavy atom. The molecule has 1 fully saturated rings. The zero-order chi connectivity index (χ0) is 25.2. The van der Waals surface area contributed by atoms with E-state index in [9.17, 15) is 9.59 Å². The van der Waals surface area contributed by atoms with Crippen molar-refractivity contribution in [2.75, 3.05) is 19.7 Å². The normalized spacial score (nSPS) is 14.9. The van der Waals surface area contributed by atoms with Crippen LogP contribution in [0, 0.1) is 0 Å². The quantitative estimate of drug-likeness (QED) is 0.271. The van der Waals surface area contributed by atoms with Gasteiger partial charge in [0.2, 0.25) is 0 Å². The van der Waals surface area contributed by atoms with Gasteiger partial charge < -0.3 is 19.1 Å². The Balaban J connectivity index is 1.20. The number of nitrogens with zero attached hydrogens (tertiary/aromatic N) is 3. The van der Waals surface area contributed by atoms with Crippen molar-refractivity contribution in [1.82, 2.24) is 15.1 Å². The van der Waals surface area contributed by atoms with Crippen LogP contribution in [0.5, 0.6) is 5.75 Å². The van der Waals surface area contributed by atoms with E-state index in [4.69, 9.17) is 14.2 Å². The average molecular weight is 510 g/mol. The molecule has 8 nitrogen and oxygen atoms in total. The number of piperidine rings is 1. The molecule has 0 N–H and O–H groups in total. The maximum absolute atomic E-state index is 12.4. The summed E-state index contributed by atoms with van der Waals surface area (Å²) in [5.74, 6) is 0.916. The third-order valence-corrected chi connectivity index (χ3v) is 7.18. The molecular weight excluding hydrogens is 478 g/mol. The molecule has 1 saturated heterocycles. The van der Waals surface area contributed by atoms with Crippen LogP contribution in [0.4, 0.5) is 4.79 Å². The molecule has 0 radical (unpaired) electrons. The SMILES string of the molecule is CCOC(C=O)Oc1ccc(CCc2nnc(C3CCN(C(=O)OCc4ccccc4)CC3)s2)cc1. The molecule has 2 heterocycles. The number of ether oxygens (including phenoxy) is 3. The Labute approximate surface area is 215 Å². The number of likely N-dealkylation sites (tertiary alicyclic amines) is 1. The predicted molar refractivity (Wildman–Crippen MR) is 136 cm³/mol. The van der Waals surface area contributed by atoms with Gasteiger partial charge in [0.15, 0.2) is 6.29 Å². The molecule has 1 aliphatic heterocycles. The number of rotatable bonds is 11. The molecule has 0 saturated carbocycles. The van der Waals surface area contributed by atoms with E-state index in [1.54, 1.807) is 16.2 Å². The number of hydrogen-bond acceptors (Lipinski definition) is 8. The second kappa shape index (κ2) is 13.1. The molecule has 0 aliphatic carbocycles. The smallest absolute Gasteiger partial charge is 0.410 e. The van der Waals surface area contributed by atoms with E-state index in [2.05, 4.69) is 10.2 Å². The van der Waals surface area contributed by atoms with Crippen molar-refractivity contribution in [3.05, 3.63) is 75.7 Å². The molecule has 36 heavy (non-hydrogen) atoms. The van der Waals surface area contributed by atoms with Crippen molar-refractivity contribution in [3.63, 3.8) is 0 Å². The lowest BCUT2D eigenvalue weighted by molar-refractivity contribution is -0.136. The minimum atomic E-state index is -0.882. The number of carbonyl (C=O) groups is 2. The van der Waals surface area contributed by atoms with Gasteiger partial charge in [-0.05, 0) is 49.4 Å². The number of aryl methyl sites for hydroxylation is 2. The number of aromatic nitrogens is 2. The van der Waals surface area contributed by atoms with Crippen LogP contribution in [0.15, 0.2) is 54.6 Å². The Morgan fingerprint density at radius 1 is 1.06 bits per heavy atom. The highest BCUT2D eigenvalue weighted by atomic mass is 32.1. The first-order chi connectivity index (χ1) is 17.6. The standard InChI is InChI=1S/C27H31N3O5S/c1-2-33-25(18-31)35-23-11-8-20(9-12-23)10-13-24-28-29-26(36-24)22-14-16-30(17-15-22)27(32)34-19-21-6-4-3-5-7-21/h3-9,11-12,18,22,25H,2,10,13-17,19H2,1H3. The fourth-order valence-electron chi connectivity index (χ4n) is 4.04. The number of benzene rings is 2. The van der Waals surface area contributed by atoms with Gasteiger partial charge >= 0.3 is 6.09 Å². The summed E-state index contributed by atoms with van der Waals surface area (Å²) in [6.45, 7) is 3.84. The van der Waals surface area contributed by atoms with Crippen molar-refractivity contribution in [2.45, 2.75) is 51.4 Å². The summed E-state index contributed by atoms with van der Waals surface area (Å²) in [4.78, 5) is 25.2. The summed E-state index contributed by atoms with van der Waals surface area (Å²) in [6, 6.07) is 17.4. The Morgan fingerprint density at radius 3 is 2.50 bits per heavy atom. The first-order valence-electron chi connectivity index (χ1n) is 12.2. The third kappa shape index (κ3) is 7.35. The summed E-state index contributed by atoms with van der Waals surface area (Å²) < 4.78 is 16.2. The van der Waals surface area contributed by atoms with Crippen LogP contribution in [0.1, 0.15) is 46.8 Å². The number of carbonyl (C=O) groups excluding carboxylic acids is 2. The first-order valence-corrected chi connectivity index (χ1v) is 13.1. The van der Waals surface area contributed by atoms with E-state index >= 15 is 0 Å². The molecule has 1 aliphatic rings. The summed E-state index contributed by atoms with van der Waals surface area (Å²) >= 11 is 1.66.